The molecule has 2 N–H and O–H groups in total. The van der Waals surface area contributed by atoms with Gasteiger partial charge >= 0.3 is 5.97 Å². The average Bonchev–Trinajstić information content (AvgIpc) is 2.72. The summed E-state index contributed by atoms with van der Waals surface area (Å²) in [6.45, 7) is 4.54. The molecule has 1 aromatic rings. The van der Waals surface area contributed by atoms with Crippen LogP contribution in [0.5, 0.6) is 5.75 Å². The van der Waals surface area contributed by atoms with Gasteiger partial charge in [0.1, 0.15) is 5.75 Å². The molecule has 0 radical (unpaired) electrons. The molecule has 1 aliphatic carbocycles. The minimum Gasteiger partial charge on any atom is -0.491 e. The van der Waals surface area contributed by atoms with Gasteiger partial charge in [0.05, 0.1) is 18.7 Å². The highest BCUT2D eigenvalue weighted by Crippen LogP contribution is 2.32. The molecule has 1 atom stereocenters. The summed E-state index contributed by atoms with van der Waals surface area (Å²) in [6, 6.07) is 1.68. The lowest BCUT2D eigenvalue weighted by Gasteiger charge is -2.12. The Morgan fingerprint density at radius 2 is 2.19 bits per heavy atom. The van der Waals surface area contributed by atoms with E-state index in [1.165, 1.54) is 18.4 Å². The van der Waals surface area contributed by atoms with Gasteiger partial charge in [-0.15, -0.1) is 11.3 Å². The zero-order valence-corrected chi connectivity index (χ0v) is 13.6. The summed E-state index contributed by atoms with van der Waals surface area (Å²) in [6.07, 6.45) is 10.4. The Morgan fingerprint density at radius 1 is 1.43 bits per heavy atom. The highest BCUT2D eigenvalue weighted by atomic mass is 32.1. The summed E-state index contributed by atoms with van der Waals surface area (Å²) in [5, 5.41) is 0.550. The topological polar surface area (TPSA) is 61.5 Å². The van der Waals surface area contributed by atoms with E-state index in [4.69, 9.17) is 15.2 Å². The van der Waals surface area contributed by atoms with E-state index in [0.717, 1.165) is 12.8 Å². The molecule has 0 fully saturated rings. The van der Waals surface area contributed by atoms with Gasteiger partial charge in [-0.25, -0.2) is 4.79 Å². The predicted molar refractivity (Wildman–Crippen MR) is 87.9 cm³/mol. The zero-order valence-electron chi connectivity index (χ0n) is 12.8. The molecule has 1 unspecified atom stereocenters. The van der Waals surface area contributed by atoms with Crippen molar-refractivity contribution in [2.75, 3.05) is 19.5 Å². The van der Waals surface area contributed by atoms with Crippen molar-refractivity contribution in [2.24, 2.45) is 5.92 Å². The number of carbonyl (C=O) groups is 1. The fourth-order valence-corrected chi connectivity index (χ4v) is 2.66. The molecule has 4 nitrogen and oxygen atoms in total. The summed E-state index contributed by atoms with van der Waals surface area (Å²) >= 11 is 1.19. The van der Waals surface area contributed by atoms with Gasteiger partial charge in [-0.1, -0.05) is 38.2 Å². The van der Waals surface area contributed by atoms with Gasteiger partial charge in [0.15, 0.2) is 4.88 Å². The first-order valence-corrected chi connectivity index (χ1v) is 7.96. The minimum atomic E-state index is -0.408. The Balaban J connectivity index is 0.00000106. The molecule has 0 amide bonds. The second-order valence-corrected chi connectivity index (χ2v) is 5.38. The Bertz CT molecular complexity index is 506. The molecular weight excluding hydrogens is 286 g/mol. The number of nitrogens with two attached hydrogens (primary N) is 1. The van der Waals surface area contributed by atoms with Crippen LogP contribution in [0.1, 0.15) is 36.4 Å². The molecule has 0 spiro atoms. The van der Waals surface area contributed by atoms with Crippen molar-refractivity contribution in [3.05, 3.63) is 35.2 Å². The summed E-state index contributed by atoms with van der Waals surface area (Å²) < 4.78 is 10.4. The molecule has 1 aromatic heterocycles. The van der Waals surface area contributed by atoms with E-state index in [2.05, 4.69) is 12.2 Å². The van der Waals surface area contributed by atoms with Gasteiger partial charge in [0.2, 0.25) is 0 Å². The summed E-state index contributed by atoms with van der Waals surface area (Å²) in [5.74, 6) is 0.455. The number of hydrogen-bond donors (Lipinski definition) is 1. The van der Waals surface area contributed by atoms with Crippen molar-refractivity contribution in [2.45, 2.75) is 26.7 Å². The van der Waals surface area contributed by atoms with Crippen molar-refractivity contribution in [1.82, 2.24) is 0 Å². The van der Waals surface area contributed by atoms with Crippen LogP contribution in [0.15, 0.2) is 30.4 Å². The average molecular weight is 309 g/mol. The molecule has 21 heavy (non-hydrogen) atoms. The van der Waals surface area contributed by atoms with Gasteiger partial charge < -0.3 is 15.2 Å². The van der Waals surface area contributed by atoms with Gasteiger partial charge in [0.25, 0.3) is 0 Å². The second kappa shape index (κ2) is 9.23. The van der Waals surface area contributed by atoms with Crippen molar-refractivity contribution in [3.63, 3.8) is 0 Å². The third kappa shape index (κ3) is 5.27. The van der Waals surface area contributed by atoms with Crippen LogP contribution in [0, 0.1) is 5.92 Å². The van der Waals surface area contributed by atoms with E-state index in [0.29, 0.717) is 28.2 Å². The van der Waals surface area contributed by atoms with Crippen LogP contribution in [0.3, 0.4) is 0 Å². The van der Waals surface area contributed by atoms with E-state index < -0.39 is 5.97 Å². The molecule has 0 aromatic carbocycles. The minimum absolute atomic E-state index is 0.349. The molecule has 0 bridgehead atoms. The molecule has 116 valence electrons. The fraction of sp³-hybridized carbons (Fsp3) is 0.438. The summed E-state index contributed by atoms with van der Waals surface area (Å²) in [5.41, 5.74) is 5.71. The molecule has 1 heterocycles. The van der Waals surface area contributed by atoms with Crippen LogP contribution < -0.4 is 10.5 Å². The zero-order chi connectivity index (χ0) is 15.7. The van der Waals surface area contributed by atoms with Gasteiger partial charge in [0, 0.05) is 12.0 Å². The van der Waals surface area contributed by atoms with Crippen molar-refractivity contribution >= 4 is 22.3 Å². The highest BCUT2D eigenvalue weighted by Gasteiger charge is 2.18. The SMILES string of the molecule is CC.COC(=O)c1sc(N)cc1OCC1C=CC=CCC1. The van der Waals surface area contributed by atoms with Gasteiger partial charge in [-0.3, -0.25) is 0 Å². The van der Waals surface area contributed by atoms with E-state index in [-0.39, 0.29) is 0 Å². The van der Waals surface area contributed by atoms with Crippen LogP contribution in [-0.2, 0) is 4.74 Å². The lowest BCUT2D eigenvalue weighted by Crippen LogP contribution is -2.11. The summed E-state index contributed by atoms with van der Waals surface area (Å²) in [7, 11) is 1.35. The quantitative estimate of drug-likeness (QED) is 0.853. The maximum Gasteiger partial charge on any atom is 0.351 e. The second-order valence-electron chi connectivity index (χ2n) is 4.30. The smallest absolute Gasteiger partial charge is 0.351 e. The lowest BCUT2D eigenvalue weighted by atomic mass is 10.1. The Kier molecular flexibility index (Phi) is 7.61. The first-order valence-electron chi connectivity index (χ1n) is 7.14. The van der Waals surface area contributed by atoms with E-state index in [1.807, 2.05) is 26.0 Å². The monoisotopic (exact) mass is 309 g/mol. The molecule has 5 heteroatoms. The number of thiophene rings is 1. The molecular formula is C16H23NO3S. The Hall–Kier alpha value is -1.75. The van der Waals surface area contributed by atoms with Crippen LogP contribution in [0.25, 0.3) is 0 Å². The number of ether oxygens (including phenoxy) is 2. The number of anilines is 1. The molecule has 1 aliphatic rings. The third-order valence-corrected chi connectivity index (χ3v) is 3.80. The maximum atomic E-state index is 11.6. The van der Waals surface area contributed by atoms with Crippen LogP contribution in [-0.4, -0.2) is 19.7 Å². The summed E-state index contributed by atoms with van der Waals surface area (Å²) in [4.78, 5) is 12.0. The van der Waals surface area contributed by atoms with Crippen molar-refractivity contribution < 1.29 is 14.3 Å². The normalized spacial score (nSPS) is 16.6. The standard InChI is InChI=1S/C14H17NO3S.C2H6/c1-17-14(16)13-11(8-12(15)19-13)18-9-10-6-4-2-3-5-7-10;1-2/h2-4,6,8,10H,5,7,9,15H2,1H3;1-2H3. The fourth-order valence-electron chi connectivity index (χ4n) is 1.87. The molecule has 0 aliphatic heterocycles. The number of nitrogen functional groups attached to an aromatic ring is 1. The molecule has 2 rings (SSSR count). The van der Waals surface area contributed by atoms with Crippen LogP contribution in [0.2, 0.25) is 0 Å². The highest BCUT2D eigenvalue weighted by molar-refractivity contribution is 7.18. The predicted octanol–water partition coefficient (Wildman–Crippen LogP) is 4.04. The lowest BCUT2D eigenvalue weighted by molar-refractivity contribution is 0.0601. The van der Waals surface area contributed by atoms with Crippen LogP contribution >= 0.6 is 11.3 Å². The van der Waals surface area contributed by atoms with Crippen molar-refractivity contribution in [3.8, 4) is 5.75 Å². The number of allylic oxidation sites excluding steroid dienone is 3. The van der Waals surface area contributed by atoms with Crippen molar-refractivity contribution in [1.29, 1.82) is 0 Å². The number of rotatable bonds is 4. The van der Waals surface area contributed by atoms with Crippen LogP contribution in [0.4, 0.5) is 5.00 Å². The van der Waals surface area contributed by atoms with Gasteiger partial charge in [-0.05, 0) is 12.8 Å². The molecule has 0 saturated heterocycles. The number of methoxy groups -OCH3 is 1. The Labute approximate surface area is 130 Å². The first-order chi connectivity index (χ1) is 10.2. The largest absolute Gasteiger partial charge is 0.491 e. The number of hydrogen-bond acceptors (Lipinski definition) is 5. The Morgan fingerprint density at radius 3 is 2.90 bits per heavy atom. The van der Waals surface area contributed by atoms with E-state index >= 15 is 0 Å². The van der Waals surface area contributed by atoms with Gasteiger partial charge in [-0.2, -0.15) is 0 Å². The molecule has 0 saturated carbocycles. The first kappa shape index (κ1) is 17.3. The number of esters is 1. The number of carbonyl (C=O) groups excluding carboxylic acids is 1. The van der Waals surface area contributed by atoms with E-state index in [9.17, 15) is 4.79 Å². The van der Waals surface area contributed by atoms with E-state index in [1.54, 1.807) is 6.07 Å². The maximum absolute atomic E-state index is 11.6. The third-order valence-electron chi connectivity index (χ3n) is 2.88.